The lowest BCUT2D eigenvalue weighted by molar-refractivity contribution is -0.149. The molecular weight excluding hydrogens is 374 g/mol. The van der Waals surface area contributed by atoms with Gasteiger partial charge in [0.1, 0.15) is 0 Å². The van der Waals surface area contributed by atoms with Gasteiger partial charge in [-0.1, -0.05) is 6.07 Å². The molecule has 1 aliphatic heterocycles. The Bertz CT molecular complexity index is 839. The minimum absolute atomic E-state index is 0.0104. The summed E-state index contributed by atoms with van der Waals surface area (Å²) >= 11 is 0. The smallest absolute Gasteiger partial charge is 0.338 e. The zero-order chi connectivity index (χ0) is 20.2. The number of hydrogen-bond donors (Lipinski definition) is 0. The van der Waals surface area contributed by atoms with E-state index < -0.39 is 22.4 Å². The van der Waals surface area contributed by atoms with Crippen LogP contribution < -0.4 is 0 Å². The van der Waals surface area contributed by atoms with Gasteiger partial charge in [0, 0.05) is 19.3 Å². The zero-order valence-electron chi connectivity index (χ0n) is 15.6. The maximum Gasteiger partial charge on any atom is 0.338 e. The number of likely N-dealkylation sites (tertiary alicyclic amines) is 1. The van der Waals surface area contributed by atoms with Crippen LogP contribution in [0.4, 0.5) is 0 Å². The van der Waals surface area contributed by atoms with E-state index in [4.69, 9.17) is 9.47 Å². The maximum atomic E-state index is 12.3. The number of amides is 1. The molecule has 0 radical (unpaired) electrons. The number of aryl methyl sites for hydroxylation is 1. The van der Waals surface area contributed by atoms with Gasteiger partial charge >= 0.3 is 11.9 Å². The van der Waals surface area contributed by atoms with Crippen LogP contribution in [-0.4, -0.2) is 64.2 Å². The number of esters is 2. The number of hydrogen-bond acceptors (Lipinski definition) is 7. The van der Waals surface area contributed by atoms with Crippen LogP contribution in [0.2, 0.25) is 0 Å². The van der Waals surface area contributed by atoms with Crippen LogP contribution >= 0.6 is 0 Å². The third kappa shape index (κ3) is 5.29. The van der Waals surface area contributed by atoms with Crippen molar-refractivity contribution in [3.63, 3.8) is 0 Å². The van der Waals surface area contributed by atoms with Gasteiger partial charge in [0.05, 0.1) is 23.5 Å². The molecule has 1 fully saturated rings. The van der Waals surface area contributed by atoms with Gasteiger partial charge in [-0.05, 0) is 37.5 Å². The van der Waals surface area contributed by atoms with Gasteiger partial charge < -0.3 is 14.4 Å². The van der Waals surface area contributed by atoms with Crippen molar-refractivity contribution in [1.29, 1.82) is 0 Å². The van der Waals surface area contributed by atoms with Crippen molar-refractivity contribution >= 4 is 27.7 Å². The van der Waals surface area contributed by atoms with Crippen molar-refractivity contribution in [2.75, 3.05) is 33.1 Å². The van der Waals surface area contributed by atoms with Crippen LogP contribution in [0.15, 0.2) is 23.1 Å². The Morgan fingerprint density at radius 3 is 2.37 bits per heavy atom. The Hall–Kier alpha value is -2.42. The first-order valence-electron chi connectivity index (χ1n) is 8.47. The monoisotopic (exact) mass is 397 g/mol. The number of rotatable bonds is 5. The number of methoxy groups -OCH3 is 1. The van der Waals surface area contributed by atoms with Crippen molar-refractivity contribution < 1.29 is 32.3 Å². The number of carbonyl (C=O) groups is 3. The van der Waals surface area contributed by atoms with Gasteiger partial charge in [0.2, 0.25) is 0 Å². The van der Waals surface area contributed by atoms with Crippen LogP contribution in [0.5, 0.6) is 0 Å². The largest absolute Gasteiger partial charge is 0.469 e. The van der Waals surface area contributed by atoms with E-state index in [-0.39, 0.29) is 28.3 Å². The number of carbonyl (C=O) groups excluding carboxylic acids is 3. The molecule has 1 aromatic rings. The highest BCUT2D eigenvalue weighted by molar-refractivity contribution is 7.90. The van der Waals surface area contributed by atoms with E-state index in [0.717, 1.165) is 6.26 Å². The summed E-state index contributed by atoms with van der Waals surface area (Å²) in [5.74, 6) is -1.61. The molecule has 0 unspecified atom stereocenters. The van der Waals surface area contributed by atoms with Gasteiger partial charge in [-0.15, -0.1) is 0 Å². The molecule has 8 nitrogen and oxygen atoms in total. The first-order chi connectivity index (χ1) is 12.6. The van der Waals surface area contributed by atoms with Crippen LogP contribution in [0.3, 0.4) is 0 Å². The van der Waals surface area contributed by atoms with Crippen molar-refractivity contribution in [3.05, 3.63) is 29.3 Å². The van der Waals surface area contributed by atoms with Crippen molar-refractivity contribution in [2.45, 2.75) is 24.7 Å². The van der Waals surface area contributed by atoms with E-state index in [9.17, 15) is 22.8 Å². The van der Waals surface area contributed by atoms with Crippen LogP contribution in [0.25, 0.3) is 0 Å². The molecule has 0 atom stereocenters. The SMILES string of the molecule is COC(=O)C1CCN(C(=O)COC(=O)c2cc(S(C)(=O)=O)ccc2C)CC1. The number of ether oxygens (including phenoxy) is 2. The molecule has 0 N–H and O–H groups in total. The minimum Gasteiger partial charge on any atom is -0.469 e. The third-order valence-electron chi connectivity index (χ3n) is 4.57. The number of piperidine rings is 1. The molecule has 0 aromatic heterocycles. The Labute approximate surface area is 158 Å². The highest BCUT2D eigenvalue weighted by Gasteiger charge is 2.28. The van der Waals surface area contributed by atoms with E-state index in [1.807, 2.05) is 0 Å². The molecule has 0 saturated carbocycles. The van der Waals surface area contributed by atoms with E-state index in [1.165, 1.54) is 30.2 Å². The molecule has 2 rings (SSSR count). The second-order valence-corrected chi connectivity index (χ2v) is 8.52. The average Bonchev–Trinajstić information content (AvgIpc) is 2.64. The van der Waals surface area contributed by atoms with Crippen molar-refractivity contribution in [1.82, 2.24) is 4.90 Å². The first-order valence-corrected chi connectivity index (χ1v) is 10.4. The first kappa shape index (κ1) is 20.9. The van der Waals surface area contributed by atoms with Crippen molar-refractivity contribution in [3.8, 4) is 0 Å². The molecule has 9 heteroatoms. The Morgan fingerprint density at radius 2 is 1.81 bits per heavy atom. The summed E-state index contributed by atoms with van der Waals surface area (Å²) in [5.41, 5.74) is 0.661. The number of benzene rings is 1. The minimum atomic E-state index is -3.46. The summed E-state index contributed by atoms with van der Waals surface area (Å²) in [5, 5.41) is 0. The topological polar surface area (TPSA) is 107 Å². The molecule has 0 aliphatic carbocycles. The number of nitrogens with zero attached hydrogens (tertiary/aromatic N) is 1. The summed E-state index contributed by atoms with van der Waals surface area (Å²) in [6.45, 7) is 1.99. The molecule has 0 bridgehead atoms. The van der Waals surface area contributed by atoms with E-state index in [2.05, 4.69) is 0 Å². The predicted molar refractivity (Wildman–Crippen MR) is 95.9 cm³/mol. The van der Waals surface area contributed by atoms with E-state index in [1.54, 1.807) is 6.92 Å². The quantitative estimate of drug-likeness (QED) is 0.681. The lowest BCUT2D eigenvalue weighted by atomic mass is 9.97. The summed E-state index contributed by atoms with van der Waals surface area (Å²) in [6, 6.07) is 4.18. The molecule has 148 valence electrons. The standard InChI is InChI=1S/C18H23NO7S/c1-12-4-5-14(27(3,23)24)10-15(12)18(22)26-11-16(20)19-8-6-13(7-9-19)17(21)25-2/h4-5,10,13H,6-9,11H2,1-3H3. The fourth-order valence-corrected chi connectivity index (χ4v) is 3.53. The fourth-order valence-electron chi connectivity index (χ4n) is 2.88. The molecular formula is C18H23NO7S. The molecule has 1 saturated heterocycles. The summed E-state index contributed by atoms with van der Waals surface area (Å²) in [7, 11) is -2.13. The molecule has 1 amide bonds. The van der Waals surface area contributed by atoms with Gasteiger partial charge in [0.25, 0.3) is 5.91 Å². The van der Waals surface area contributed by atoms with Gasteiger partial charge in [-0.3, -0.25) is 9.59 Å². The lowest BCUT2D eigenvalue weighted by Gasteiger charge is -2.30. The highest BCUT2D eigenvalue weighted by Crippen LogP contribution is 2.19. The Balaban J connectivity index is 1.94. The second kappa shape index (κ2) is 8.51. The lowest BCUT2D eigenvalue weighted by Crippen LogP contribution is -2.42. The summed E-state index contributed by atoms with van der Waals surface area (Å²) in [4.78, 5) is 37.5. The van der Waals surface area contributed by atoms with Crippen LogP contribution in [0.1, 0.15) is 28.8 Å². The number of sulfone groups is 1. The predicted octanol–water partition coefficient (Wildman–Crippen LogP) is 0.967. The normalized spacial score (nSPS) is 15.3. The average molecular weight is 397 g/mol. The Kier molecular flexibility index (Phi) is 6.59. The molecule has 0 spiro atoms. The van der Waals surface area contributed by atoms with Crippen LogP contribution in [-0.2, 0) is 28.9 Å². The van der Waals surface area contributed by atoms with Gasteiger partial charge in [0.15, 0.2) is 16.4 Å². The molecule has 1 aliphatic rings. The third-order valence-corrected chi connectivity index (χ3v) is 5.68. The van der Waals surface area contributed by atoms with Gasteiger partial charge in [-0.2, -0.15) is 0 Å². The maximum absolute atomic E-state index is 12.3. The van der Waals surface area contributed by atoms with Crippen molar-refractivity contribution in [2.24, 2.45) is 5.92 Å². The van der Waals surface area contributed by atoms with E-state index in [0.29, 0.717) is 31.5 Å². The molecule has 1 aromatic carbocycles. The van der Waals surface area contributed by atoms with Crippen LogP contribution in [0, 0.1) is 12.8 Å². The molecule has 1 heterocycles. The van der Waals surface area contributed by atoms with E-state index >= 15 is 0 Å². The summed E-state index contributed by atoms with van der Waals surface area (Å²) in [6.07, 6.45) is 2.05. The molecule has 27 heavy (non-hydrogen) atoms. The fraction of sp³-hybridized carbons (Fsp3) is 0.500. The highest BCUT2D eigenvalue weighted by atomic mass is 32.2. The summed E-state index contributed by atoms with van der Waals surface area (Å²) < 4.78 is 33.1. The van der Waals surface area contributed by atoms with Gasteiger partial charge in [-0.25, -0.2) is 13.2 Å². The Morgan fingerprint density at radius 1 is 1.19 bits per heavy atom. The zero-order valence-corrected chi connectivity index (χ0v) is 16.4. The second-order valence-electron chi connectivity index (χ2n) is 6.50.